The molecule has 0 aliphatic heterocycles. The van der Waals surface area contributed by atoms with Crippen LogP contribution in [0.25, 0.3) is 0 Å². The zero-order valence-corrected chi connectivity index (χ0v) is 17.2. The Labute approximate surface area is 178 Å². The topological polar surface area (TPSA) is 126 Å². The number of carbonyl (C=O) groups is 2. The number of aromatic nitrogens is 1. The zero-order chi connectivity index (χ0) is 22.9. The molecule has 2 aromatic rings. The molecule has 1 saturated carbocycles. The monoisotopic (exact) mass is 433 g/mol. The Morgan fingerprint density at radius 2 is 1.94 bits per heavy atom. The van der Waals surface area contributed by atoms with E-state index in [2.05, 4.69) is 17.2 Å². The fourth-order valence-corrected chi connectivity index (χ4v) is 4.27. The summed E-state index contributed by atoms with van der Waals surface area (Å²) in [6.07, 6.45) is 1.33. The molecule has 0 radical (unpaired) electrons. The highest BCUT2D eigenvalue weighted by Crippen LogP contribution is 2.47. The average molecular weight is 433 g/mol. The quantitative estimate of drug-likeness (QED) is 0.534. The number of anilines is 1. The van der Waals surface area contributed by atoms with E-state index < -0.39 is 41.2 Å². The van der Waals surface area contributed by atoms with Crippen LogP contribution in [0.5, 0.6) is 5.75 Å². The normalized spacial score (nSPS) is 20.9. The van der Waals surface area contributed by atoms with Gasteiger partial charge in [-0.1, -0.05) is 19.9 Å². The van der Waals surface area contributed by atoms with Crippen LogP contribution in [0.1, 0.15) is 48.7 Å². The number of hydrogen-bond donors (Lipinski definition) is 4. The summed E-state index contributed by atoms with van der Waals surface area (Å²) >= 11 is 0. The van der Waals surface area contributed by atoms with Gasteiger partial charge in [-0.05, 0) is 48.8 Å². The van der Waals surface area contributed by atoms with Crippen LogP contribution in [-0.2, 0) is 4.79 Å². The molecule has 166 valence electrons. The lowest BCUT2D eigenvalue weighted by atomic mass is 9.64. The van der Waals surface area contributed by atoms with Gasteiger partial charge >= 0.3 is 0 Å². The maximum Gasteiger partial charge on any atom is 0.267 e. The largest absolute Gasteiger partial charge is 0.505 e. The molecule has 5 N–H and O–H groups in total. The van der Waals surface area contributed by atoms with Crippen LogP contribution in [0, 0.1) is 29.4 Å². The number of nitrogens with zero attached hydrogens (tertiary/aromatic N) is 1. The van der Waals surface area contributed by atoms with E-state index in [1.165, 1.54) is 24.4 Å². The van der Waals surface area contributed by atoms with Crippen molar-refractivity contribution >= 4 is 17.5 Å². The molecule has 1 aliphatic carbocycles. The molecule has 9 heteroatoms. The second-order valence-corrected chi connectivity index (χ2v) is 8.25. The number of aromatic hydroxyl groups is 1. The second-order valence-electron chi connectivity index (χ2n) is 8.25. The van der Waals surface area contributed by atoms with Crippen LogP contribution < -0.4 is 11.1 Å². The van der Waals surface area contributed by atoms with Crippen molar-refractivity contribution in [2.75, 3.05) is 5.32 Å². The van der Waals surface area contributed by atoms with Crippen molar-refractivity contribution in [1.82, 2.24) is 4.98 Å². The molecule has 1 fully saturated rings. The first kappa shape index (κ1) is 22.6. The second kappa shape index (κ2) is 8.97. The van der Waals surface area contributed by atoms with Crippen molar-refractivity contribution in [2.24, 2.45) is 23.5 Å². The van der Waals surface area contributed by atoms with Crippen LogP contribution >= 0.6 is 0 Å². The Kier molecular flexibility index (Phi) is 6.54. The number of pyridine rings is 1. The first-order valence-corrected chi connectivity index (χ1v) is 10.0. The number of aliphatic hydroxyl groups excluding tert-OH is 1. The zero-order valence-electron chi connectivity index (χ0n) is 17.2. The average Bonchev–Trinajstić information content (AvgIpc) is 2.71. The van der Waals surface area contributed by atoms with E-state index in [4.69, 9.17) is 5.73 Å². The molecule has 1 aromatic heterocycles. The minimum absolute atomic E-state index is 0.0406. The number of primary amides is 1. The van der Waals surface area contributed by atoms with Gasteiger partial charge in [0.25, 0.3) is 11.8 Å². The molecule has 3 rings (SSSR count). The van der Waals surface area contributed by atoms with E-state index in [9.17, 15) is 28.6 Å². The number of aliphatic hydroxyl groups is 1. The van der Waals surface area contributed by atoms with Crippen LogP contribution in [0.4, 0.5) is 14.5 Å². The summed E-state index contributed by atoms with van der Waals surface area (Å²) in [5.41, 5.74) is 5.26. The molecule has 3 atom stereocenters. The van der Waals surface area contributed by atoms with Gasteiger partial charge in [0.1, 0.15) is 11.8 Å². The molecule has 1 heterocycles. The van der Waals surface area contributed by atoms with Crippen molar-refractivity contribution in [1.29, 1.82) is 0 Å². The predicted octanol–water partition coefficient (Wildman–Crippen LogP) is 2.93. The van der Waals surface area contributed by atoms with Gasteiger partial charge in [0, 0.05) is 23.4 Å². The molecule has 2 amide bonds. The number of phenols is 1. The Bertz CT molecular complexity index is 995. The third-order valence-corrected chi connectivity index (χ3v) is 6.07. The van der Waals surface area contributed by atoms with E-state index in [-0.39, 0.29) is 28.8 Å². The van der Waals surface area contributed by atoms with Gasteiger partial charge in [0.2, 0.25) is 5.82 Å². The highest BCUT2D eigenvalue weighted by Gasteiger charge is 2.41. The lowest BCUT2D eigenvalue weighted by Crippen LogP contribution is -2.40. The molecule has 0 saturated heterocycles. The summed E-state index contributed by atoms with van der Waals surface area (Å²) in [4.78, 5) is 27.9. The molecule has 0 unspecified atom stereocenters. The lowest BCUT2D eigenvalue weighted by molar-refractivity contribution is -0.126. The number of carbonyl (C=O) groups excluding carboxylic acids is 2. The molecule has 1 aromatic carbocycles. The minimum Gasteiger partial charge on any atom is -0.505 e. The maximum atomic E-state index is 14.0. The minimum atomic E-state index is -1.67. The number of nitrogens with two attached hydrogens (primary N) is 1. The van der Waals surface area contributed by atoms with Gasteiger partial charge < -0.3 is 21.3 Å². The molecular weight excluding hydrogens is 408 g/mol. The summed E-state index contributed by atoms with van der Waals surface area (Å²) in [5.74, 6) is -5.82. The molecule has 7 nitrogen and oxygen atoms in total. The summed E-state index contributed by atoms with van der Waals surface area (Å²) in [5, 5.41) is 23.6. The number of amides is 2. The van der Waals surface area contributed by atoms with Crippen LogP contribution in [0.15, 0.2) is 30.5 Å². The van der Waals surface area contributed by atoms with Crippen LogP contribution in [0.3, 0.4) is 0 Å². The SMILES string of the molecule is CC1CC([C@H](C)[C@H](c2ccc(F)c(F)c2O)[C@@H](O)C(=O)Nc2ccnc(C(N)=O)c2)C1. The van der Waals surface area contributed by atoms with Gasteiger partial charge in [-0.2, -0.15) is 4.39 Å². The molecular formula is C22H25F2N3O4. The van der Waals surface area contributed by atoms with E-state index in [0.717, 1.165) is 18.9 Å². The summed E-state index contributed by atoms with van der Waals surface area (Å²) in [6.45, 7) is 3.90. The summed E-state index contributed by atoms with van der Waals surface area (Å²) in [7, 11) is 0. The summed E-state index contributed by atoms with van der Waals surface area (Å²) < 4.78 is 27.6. The Balaban J connectivity index is 1.91. The number of rotatable bonds is 7. The van der Waals surface area contributed by atoms with Crippen molar-refractivity contribution in [3.8, 4) is 5.75 Å². The summed E-state index contributed by atoms with van der Waals surface area (Å²) in [6, 6.07) is 4.72. The third kappa shape index (κ3) is 4.66. The van der Waals surface area contributed by atoms with Crippen molar-refractivity contribution in [2.45, 2.75) is 38.7 Å². The number of nitrogens with one attached hydrogen (secondary N) is 1. The fraction of sp³-hybridized carbons (Fsp3) is 0.409. The van der Waals surface area contributed by atoms with E-state index in [0.29, 0.717) is 5.92 Å². The molecule has 31 heavy (non-hydrogen) atoms. The van der Waals surface area contributed by atoms with Crippen molar-refractivity contribution < 1.29 is 28.6 Å². The van der Waals surface area contributed by atoms with Crippen LogP contribution in [0.2, 0.25) is 0 Å². The highest BCUT2D eigenvalue weighted by molar-refractivity contribution is 5.97. The predicted molar refractivity (Wildman–Crippen MR) is 109 cm³/mol. The lowest BCUT2D eigenvalue weighted by Gasteiger charge is -2.42. The molecule has 0 bridgehead atoms. The Morgan fingerprint density at radius 3 is 2.55 bits per heavy atom. The number of benzene rings is 1. The van der Waals surface area contributed by atoms with E-state index in [1.807, 2.05) is 6.92 Å². The maximum absolute atomic E-state index is 14.0. The van der Waals surface area contributed by atoms with Gasteiger partial charge in [0.05, 0.1) is 0 Å². The van der Waals surface area contributed by atoms with Gasteiger partial charge in [-0.25, -0.2) is 4.39 Å². The standard InChI is InChI=1S/C22H25F2N3O4/c1-10-7-12(8-10)11(2)17(14-3-4-15(23)18(24)19(14)28)20(29)22(31)27-13-5-6-26-16(9-13)21(25)30/h3-6,9-12,17,20,28-29H,7-8H2,1-2H3,(H2,25,30)(H,26,27,31)/t10?,11-,12?,17+,20+/m0/s1. The van der Waals surface area contributed by atoms with Crippen molar-refractivity contribution in [3.63, 3.8) is 0 Å². The number of hydrogen-bond acceptors (Lipinski definition) is 5. The molecule has 0 spiro atoms. The van der Waals surface area contributed by atoms with Crippen molar-refractivity contribution in [3.05, 3.63) is 53.4 Å². The molecule has 1 aliphatic rings. The number of phenolic OH excluding ortho intramolecular Hbond substituents is 1. The highest BCUT2D eigenvalue weighted by atomic mass is 19.2. The Morgan fingerprint density at radius 1 is 1.26 bits per heavy atom. The third-order valence-electron chi connectivity index (χ3n) is 6.07. The van der Waals surface area contributed by atoms with Crippen LogP contribution in [-0.4, -0.2) is 33.1 Å². The first-order valence-electron chi connectivity index (χ1n) is 10.0. The van der Waals surface area contributed by atoms with E-state index in [1.54, 1.807) is 0 Å². The first-order chi connectivity index (χ1) is 14.6. The van der Waals surface area contributed by atoms with Gasteiger partial charge in [-0.3, -0.25) is 14.6 Å². The smallest absolute Gasteiger partial charge is 0.267 e. The van der Waals surface area contributed by atoms with E-state index >= 15 is 0 Å². The van der Waals surface area contributed by atoms with Gasteiger partial charge in [0.15, 0.2) is 11.6 Å². The Hall–Kier alpha value is -3.07. The number of halogens is 2. The van der Waals surface area contributed by atoms with Gasteiger partial charge in [-0.15, -0.1) is 0 Å². The fourth-order valence-electron chi connectivity index (χ4n) is 4.27.